The Labute approximate surface area is 241 Å². The van der Waals surface area contributed by atoms with Crippen molar-refractivity contribution in [3.8, 4) is 22.8 Å². The number of methoxy groups -OCH3 is 2. The molecular weight excluding hydrogens is 548 g/mol. The van der Waals surface area contributed by atoms with E-state index in [-0.39, 0.29) is 17.3 Å². The molecule has 4 heterocycles. The Balaban J connectivity index is 1.30. The Hall–Kier alpha value is -4.53. The smallest absolute Gasteiger partial charge is 0.191 e. The van der Waals surface area contributed by atoms with Gasteiger partial charge in [-0.15, -0.1) is 0 Å². The molecule has 0 radical (unpaired) electrons. The van der Waals surface area contributed by atoms with Gasteiger partial charge >= 0.3 is 0 Å². The molecule has 12 nitrogen and oxygen atoms in total. The molecule has 42 heavy (non-hydrogen) atoms. The van der Waals surface area contributed by atoms with Crippen LogP contribution in [-0.4, -0.2) is 86.5 Å². The minimum absolute atomic E-state index is 0.111. The topological polar surface area (TPSA) is 134 Å². The Kier molecular flexibility index (Phi) is 8.95. The van der Waals surface area contributed by atoms with Crippen molar-refractivity contribution in [3.05, 3.63) is 66.5 Å². The minimum atomic E-state index is -0.943. The Bertz CT molecular complexity index is 1490. The zero-order chi connectivity index (χ0) is 29.6. The van der Waals surface area contributed by atoms with Gasteiger partial charge in [-0.25, -0.2) is 33.7 Å². The Morgan fingerprint density at radius 1 is 0.881 bits per heavy atom. The highest BCUT2D eigenvalue weighted by Gasteiger charge is 2.23. The van der Waals surface area contributed by atoms with Crippen molar-refractivity contribution in [1.82, 2.24) is 34.7 Å². The lowest BCUT2D eigenvalue weighted by molar-refractivity contribution is -0.0142. The molecule has 1 fully saturated rings. The number of anilines is 4. The van der Waals surface area contributed by atoms with E-state index >= 15 is 0 Å². The fourth-order valence-corrected chi connectivity index (χ4v) is 4.58. The molecule has 1 aliphatic heterocycles. The number of hydrogen-bond donors (Lipinski definition) is 3. The molecule has 0 spiro atoms. The maximum atomic E-state index is 15.0. The first-order valence-corrected chi connectivity index (χ1v) is 13.2. The zero-order valence-corrected chi connectivity index (χ0v) is 23.4. The van der Waals surface area contributed by atoms with E-state index in [1.165, 1.54) is 33.1 Å². The van der Waals surface area contributed by atoms with Crippen LogP contribution in [0.25, 0.3) is 11.3 Å². The maximum Gasteiger partial charge on any atom is 0.191 e. The largest absolute Gasteiger partial charge is 0.493 e. The molecule has 220 valence electrons. The van der Waals surface area contributed by atoms with E-state index in [9.17, 15) is 13.9 Å². The number of ether oxygens (including phenoxy) is 2. The first kappa shape index (κ1) is 29.0. The molecule has 4 aromatic rings. The second-order valence-electron chi connectivity index (χ2n) is 9.60. The number of aromatic nitrogens is 5. The summed E-state index contributed by atoms with van der Waals surface area (Å²) < 4.78 is 40.0. The van der Waals surface area contributed by atoms with Gasteiger partial charge in [0.2, 0.25) is 0 Å². The van der Waals surface area contributed by atoms with E-state index in [2.05, 4.69) is 40.5 Å². The predicted molar refractivity (Wildman–Crippen MR) is 152 cm³/mol. The van der Waals surface area contributed by atoms with Gasteiger partial charge in [0, 0.05) is 57.3 Å². The molecule has 1 aliphatic rings. The minimum Gasteiger partial charge on any atom is -0.493 e. The van der Waals surface area contributed by atoms with Crippen LogP contribution in [0.1, 0.15) is 12.5 Å². The first-order valence-electron chi connectivity index (χ1n) is 13.2. The lowest BCUT2D eigenvalue weighted by Crippen LogP contribution is -2.49. The van der Waals surface area contributed by atoms with E-state index in [4.69, 9.17) is 9.47 Å². The number of piperazine rings is 1. The lowest BCUT2D eigenvalue weighted by atomic mass is 10.2. The number of nitrogens with zero attached hydrogens (tertiary/aromatic N) is 7. The summed E-state index contributed by atoms with van der Waals surface area (Å²) in [5, 5.41) is 15.6. The van der Waals surface area contributed by atoms with Gasteiger partial charge in [0.25, 0.3) is 0 Å². The third-order valence-corrected chi connectivity index (χ3v) is 6.89. The summed E-state index contributed by atoms with van der Waals surface area (Å²) in [6, 6.07) is 6.64. The number of benzene rings is 1. The molecule has 0 saturated carbocycles. The van der Waals surface area contributed by atoms with Crippen LogP contribution in [-0.2, 0) is 6.54 Å². The molecule has 1 atom stereocenters. The van der Waals surface area contributed by atoms with Crippen molar-refractivity contribution >= 4 is 23.1 Å². The molecule has 0 amide bonds. The first-order chi connectivity index (χ1) is 20.4. The normalized spacial score (nSPS) is 14.8. The van der Waals surface area contributed by atoms with E-state index in [0.29, 0.717) is 22.9 Å². The third-order valence-electron chi connectivity index (χ3n) is 6.89. The quantitative estimate of drug-likeness (QED) is 0.254. The van der Waals surface area contributed by atoms with Gasteiger partial charge in [-0.05, 0) is 18.6 Å². The summed E-state index contributed by atoms with van der Waals surface area (Å²) >= 11 is 0. The molecular formula is C28H31F2N9O3. The third kappa shape index (κ3) is 6.51. The number of aliphatic hydroxyl groups is 1. The molecule has 3 N–H and O–H groups in total. The van der Waals surface area contributed by atoms with Crippen molar-refractivity contribution in [2.45, 2.75) is 19.7 Å². The lowest BCUT2D eigenvalue weighted by Gasteiger charge is -2.36. The van der Waals surface area contributed by atoms with Gasteiger partial charge in [0.05, 0.1) is 25.5 Å². The average Bonchev–Trinajstić information content (AvgIpc) is 3.01. The fourth-order valence-electron chi connectivity index (χ4n) is 4.58. The molecule has 0 bridgehead atoms. The molecule has 1 aromatic carbocycles. The van der Waals surface area contributed by atoms with Crippen LogP contribution in [0.4, 0.5) is 31.9 Å². The van der Waals surface area contributed by atoms with Crippen LogP contribution < -0.4 is 20.1 Å². The van der Waals surface area contributed by atoms with Gasteiger partial charge in [-0.1, -0.05) is 6.07 Å². The summed E-state index contributed by atoms with van der Waals surface area (Å²) in [4.78, 5) is 25.7. The Morgan fingerprint density at radius 2 is 1.62 bits per heavy atom. The number of pyridine rings is 1. The SMILES string of the molecule is COc1cc(OC)c(F)c(Nc2ncncc2-c2cc(Nc3ccc(CN4CCN(C(C)O)CC4)cn3)ncn2)c1F. The molecule has 1 unspecified atom stereocenters. The van der Waals surface area contributed by atoms with Crippen molar-refractivity contribution in [2.75, 3.05) is 51.0 Å². The van der Waals surface area contributed by atoms with Gasteiger partial charge in [-0.3, -0.25) is 9.80 Å². The standard InChI is InChI=1S/C28H31F2N9O3/c1-17(40)39-8-6-38(7-9-39)14-18-4-5-23(32-12-18)36-24-10-20(33-16-34-24)19-13-31-15-35-28(19)37-27-25(29)21(41-2)11-22(42-3)26(27)30/h4-5,10-13,15-17,40H,6-9,14H2,1-3H3,(H,31,35,37)(H,32,33,34,36). The van der Waals surface area contributed by atoms with Crippen LogP contribution in [0.5, 0.6) is 11.5 Å². The van der Waals surface area contributed by atoms with E-state index in [1.54, 1.807) is 13.0 Å². The second-order valence-corrected chi connectivity index (χ2v) is 9.60. The average molecular weight is 580 g/mol. The number of hydrogen-bond acceptors (Lipinski definition) is 12. The zero-order valence-electron chi connectivity index (χ0n) is 23.4. The summed E-state index contributed by atoms with van der Waals surface area (Å²) in [7, 11) is 2.55. The highest BCUT2D eigenvalue weighted by atomic mass is 19.1. The van der Waals surface area contributed by atoms with Crippen LogP contribution in [0.2, 0.25) is 0 Å². The van der Waals surface area contributed by atoms with Gasteiger partial charge in [0.1, 0.15) is 42.0 Å². The van der Waals surface area contributed by atoms with E-state index in [1.807, 2.05) is 23.2 Å². The number of nitrogens with one attached hydrogen (secondary N) is 2. The molecule has 5 rings (SSSR count). The fraction of sp³-hybridized carbons (Fsp3) is 0.321. The number of rotatable bonds is 10. The monoisotopic (exact) mass is 579 g/mol. The van der Waals surface area contributed by atoms with Crippen LogP contribution in [0.15, 0.2) is 49.3 Å². The highest BCUT2D eigenvalue weighted by molar-refractivity contribution is 5.78. The van der Waals surface area contributed by atoms with Crippen molar-refractivity contribution in [1.29, 1.82) is 0 Å². The van der Waals surface area contributed by atoms with Crippen molar-refractivity contribution < 1.29 is 23.4 Å². The molecule has 3 aromatic heterocycles. The van der Waals surface area contributed by atoms with Crippen LogP contribution in [0, 0.1) is 11.6 Å². The number of aliphatic hydroxyl groups excluding tert-OH is 1. The number of halogens is 2. The molecule has 1 saturated heterocycles. The van der Waals surface area contributed by atoms with Crippen LogP contribution in [0.3, 0.4) is 0 Å². The van der Waals surface area contributed by atoms with Gasteiger partial charge in [-0.2, -0.15) is 0 Å². The van der Waals surface area contributed by atoms with Crippen molar-refractivity contribution in [2.24, 2.45) is 0 Å². The van der Waals surface area contributed by atoms with Gasteiger partial charge in [0.15, 0.2) is 23.1 Å². The summed E-state index contributed by atoms with van der Waals surface area (Å²) in [5.41, 5.74) is 1.36. The highest BCUT2D eigenvalue weighted by Crippen LogP contribution is 2.37. The second kappa shape index (κ2) is 13.0. The maximum absolute atomic E-state index is 15.0. The molecule has 0 aliphatic carbocycles. The predicted octanol–water partition coefficient (Wildman–Crippen LogP) is 3.57. The molecule has 14 heteroatoms. The van der Waals surface area contributed by atoms with Crippen LogP contribution >= 0.6 is 0 Å². The van der Waals surface area contributed by atoms with E-state index in [0.717, 1.165) is 44.4 Å². The van der Waals surface area contributed by atoms with E-state index < -0.39 is 23.5 Å². The Morgan fingerprint density at radius 3 is 2.26 bits per heavy atom. The summed E-state index contributed by atoms with van der Waals surface area (Å²) in [6.07, 6.45) is 5.46. The van der Waals surface area contributed by atoms with Gasteiger partial charge < -0.3 is 25.2 Å². The summed E-state index contributed by atoms with van der Waals surface area (Å²) in [5.74, 6) is -1.14. The summed E-state index contributed by atoms with van der Waals surface area (Å²) in [6.45, 7) is 5.95. The van der Waals surface area contributed by atoms with Crippen molar-refractivity contribution in [3.63, 3.8) is 0 Å².